The summed E-state index contributed by atoms with van der Waals surface area (Å²) in [6.07, 6.45) is -0.243. The van der Waals surface area contributed by atoms with Gasteiger partial charge in [-0.15, -0.1) is 0 Å². The summed E-state index contributed by atoms with van der Waals surface area (Å²) in [7, 11) is 0. The molecule has 0 atom stereocenters. The number of likely N-dealkylation sites (N-methyl/N-ethyl adjacent to an activating group) is 1. The molecule has 0 radical (unpaired) electrons. The van der Waals surface area contributed by atoms with Crippen molar-refractivity contribution in [2.45, 2.75) is 26.9 Å². The monoisotopic (exact) mass is 412 g/mol. The Bertz CT molecular complexity index is 968. The van der Waals surface area contributed by atoms with Crippen LogP contribution in [0.5, 0.6) is 0 Å². The van der Waals surface area contributed by atoms with E-state index in [2.05, 4.69) is 0 Å². The molecule has 3 rings (SSSR count). The average Bonchev–Trinajstić information content (AvgIpc) is 2.92. The smallest absolute Gasteiger partial charge is 0.338 e. The fourth-order valence-electron chi connectivity index (χ4n) is 3.07. The summed E-state index contributed by atoms with van der Waals surface area (Å²) in [6, 6.07) is 15.3. The molecule has 1 aliphatic rings. The number of carbonyl (C=O) groups is 3. The van der Waals surface area contributed by atoms with Crippen LogP contribution in [0, 0.1) is 0 Å². The molecule has 1 aliphatic heterocycles. The minimum absolute atomic E-state index is 0.133. The van der Waals surface area contributed by atoms with Crippen LogP contribution >= 0.6 is 11.6 Å². The molecule has 0 bridgehead atoms. The number of ether oxygens (including phenoxy) is 1. The molecule has 1 heterocycles. The van der Waals surface area contributed by atoms with Gasteiger partial charge in [0.05, 0.1) is 17.4 Å². The molecule has 2 aromatic rings. The maximum Gasteiger partial charge on any atom is 0.338 e. The molecular weight excluding hydrogens is 392 g/mol. The van der Waals surface area contributed by atoms with E-state index in [9.17, 15) is 14.4 Å². The first-order valence-electron chi connectivity index (χ1n) is 9.27. The van der Waals surface area contributed by atoms with Crippen molar-refractivity contribution >= 4 is 40.8 Å². The Morgan fingerprint density at radius 3 is 2.21 bits per heavy atom. The van der Waals surface area contributed by atoms with Crippen molar-refractivity contribution in [2.24, 2.45) is 0 Å². The van der Waals surface area contributed by atoms with Gasteiger partial charge >= 0.3 is 5.97 Å². The first-order chi connectivity index (χ1) is 13.8. The first-order valence-corrected chi connectivity index (χ1v) is 9.65. The molecule has 6 nitrogen and oxygen atoms in total. The van der Waals surface area contributed by atoms with Crippen LogP contribution in [0.25, 0.3) is 0 Å². The maximum absolute atomic E-state index is 13.1. The van der Waals surface area contributed by atoms with Crippen molar-refractivity contribution < 1.29 is 19.1 Å². The van der Waals surface area contributed by atoms with Crippen molar-refractivity contribution in [3.8, 4) is 0 Å². The molecule has 2 aromatic carbocycles. The summed E-state index contributed by atoms with van der Waals surface area (Å²) in [4.78, 5) is 40.6. The van der Waals surface area contributed by atoms with Gasteiger partial charge in [0.2, 0.25) is 0 Å². The molecule has 150 valence electrons. The normalized spacial score (nSPS) is 14.0. The van der Waals surface area contributed by atoms with Crippen LogP contribution in [0.15, 0.2) is 65.3 Å². The Morgan fingerprint density at radius 1 is 1.03 bits per heavy atom. The van der Waals surface area contributed by atoms with Gasteiger partial charge in [-0.25, -0.2) is 9.69 Å². The molecule has 0 saturated heterocycles. The molecule has 2 amide bonds. The van der Waals surface area contributed by atoms with Gasteiger partial charge in [0.25, 0.3) is 11.8 Å². The van der Waals surface area contributed by atoms with Crippen LogP contribution in [0.2, 0.25) is 0 Å². The third kappa shape index (κ3) is 4.03. The summed E-state index contributed by atoms with van der Waals surface area (Å²) < 4.78 is 5.15. The lowest BCUT2D eigenvalue weighted by molar-refractivity contribution is -0.120. The predicted molar refractivity (Wildman–Crippen MR) is 112 cm³/mol. The third-order valence-electron chi connectivity index (χ3n) is 4.36. The second-order valence-electron chi connectivity index (χ2n) is 6.69. The van der Waals surface area contributed by atoms with Crippen molar-refractivity contribution in [1.29, 1.82) is 0 Å². The minimum atomic E-state index is -0.599. The number of halogens is 1. The summed E-state index contributed by atoms with van der Waals surface area (Å²) in [5.74, 6) is -1.58. The second-order valence-corrected chi connectivity index (χ2v) is 7.07. The van der Waals surface area contributed by atoms with Gasteiger partial charge in [0, 0.05) is 12.2 Å². The second kappa shape index (κ2) is 8.49. The zero-order valence-electron chi connectivity index (χ0n) is 16.4. The van der Waals surface area contributed by atoms with E-state index in [0.29, 0.717) is 17.8 Å². The maximum atomic E-state index is 13.1. The number of imide groups is 1. The molecule has 0 aromatic heterocycles. The topological polar surface area (TPSA) is 66.9 Å². The highest BCUT2D eigenvalue weighted by atomic mass is 35.5. The van der Waals surface area contributed by atoms with E-state index in [1.165, 1.54) is 24.3 Å². The Hall–Kier alpha value is -3.12. The molecule has 0 aliphatic carbocycles. The number of anilines is 2. The Morgan fingerprint density at radius 2 is 1.66 bits per heavy atom. The van der Waals surface area contributed by atoms with Gasteiger partial charge in [-0.1, -0.05) is 29.8 Å². The zero-order valence-corrected chi connectivity index (χ0v) is 17.1. The van der Waals surface area contributed by atoms with E-state index >= 15 is 0 Å². The van der Waals surface area contributed by atoms with E-state index in [1.807, 2.05) is 37.3 Å². The Labute approximate surface area is 174 Å². The van der Waals surface area contributed by atoms with E-state index in [0.717, 1.165) is 10.6 Å². The van der Waals surface area contributed by atoms with Gasteiger partial charge in [-0.05, 0) is 57.2 Å². The molecular formula is C22H21ClN2O4. The van der Waals surface area contributed by atoms with Crippen molar-refractivity contribution in [3.05, 3.63) is 70.9 Å². The largest absolute Gasteiger partial charge is 0.459 e. The van der Waals surface area contributed by atoms with Crippen molar-refractivity contribution in [3.63, 3.8) is 0 Å². The van der Waals surface area contributed by atoms with Gasteiger partial charge in [0.15, 0.2) is 0 Å². The van der Waals surface area contributed by atoms with Crippen LogP contribution < -0.4 is 9.80 Å². The highest BCUT2D eigenvalue weighted by molar-refractivity contribution is 6.53. The highest BCUT2D eigenvalue weighted by Gasteiger charge is 2.41. The van der Waals surface area contributed by atoms with Gasteiger partial charge in [-0.3, -0.25) is 9.59 Å². The number of benzene rings is 2. The van der Waals surface area contributed by atoms with Crippen LogP contribution in [-0.4, -0.2) is 30.4 Å². The Balaban J connectivity index is 1.89. The number of para-hydroxylation sites is 1. The summed E-state index contributed by atoms with van der Waals surface area (Å²) in [5, 5.41) is -0.135. The molecule has 7 heteroatoms. The fourth-order valence-corrected chi connectivity index (χ4v) is 3.33. The number of rotatable bonds is 6. The number of carbonyl (C=O) groups excluding carboxylic acids is 3. The minimum Gasteiger partial charge on any atom is -0.459 e. The summed E-state index contributed by atoms with van der Waals surface area (Å²) >= 11 is 6.28. The molecule has 0 spiro atoms. The van der Waals surface area contributed by atoms with E-state index in [4.69, 9.17) is 16.3 Å². The van der Waals surface area contributed by atoms with Crippen LogP contribution in [0.4, 0.5) is 11.4 Å². The molecule has 0 fully saturated rings. The van der Waals surface area contributed by atoms with Crippen LogP contribution in [0.3, 0.4) is 0 Å². The number of esters is 1. The van der Waals surface area contributed by atoms with Gasteiger partial charge in [-0.2, -0.15) is 0 Å². The van der Waals surface area contributed by atoms with Gasteiger partial charge in [0.1, 0.15) is 10.7 Å². The van der Waals surface area contributed by atoms with E-state index < -0.39 is 17.8 Å². The summed E-state index contributed by atoms with van der Waals surface area (Å²) in [6.45, 7) is 5.85. The zero-order chi connectivity index (χ0) is 21.1. The number of hydrogen-bond acceptors (Lipinski definition) is 5. The molecule has 0 unspecified atom stereocenters. The predicted octanol–water partition coefficient (Wildman–Crippen LogP) is 4.10. The Kier molecular flexibility index (Phi) is 6.03. The van der Waals surface area contributed by atoms with E-state index in [-0.39, 0.29) is 16.8 Å². The lowest BCUT2D eigenvalue weighted by Crippen LogP contribution is -2.35. The summed E-state index contributed by atoms with van der Waals surface area (Å²) in [5.41, 5.74) is 1.56. The lowest BCUT2D eigenvalue weighted by atomic mass is 10.2. The number of amides is 2. The quantitative estimate of drug-likeness (QED) is 0.527. The van der Waals surface area contributed by atoms with Crippen molar-refractivity contribution in [2.75, 3.05) is 16.3 Å². The van der Waals surface area contributed by atoms with Crippen LogP contribution in [-0.2, 0) is 14.3 Å². The first kappa shape index (κ1) is 20.6. The number of hydrogen-bond donors (Lipinski definition) is 0. The molecule has 0 N–H and O–H groups in total. The average molecular weight is 413 g/mol. The highest BCUT2D eigenvalue weighted by Crippen LogP contribution is 2.33. The fraction of sp³-hybridized carbons (Fsp3) is 0.227. The van der Waals surface area contributed by atoms with Crippen LogP contribution in [0.1, 0.15) is 31.1 Å². The molecule has 29 heavy (non-hydrogen) atoms. The van der Waals surface area contributed by atoms with Crippen molar-refractivity contribution in [1.82, 2.24) is 0 Å². The lowest BCUT2D eigenvalue weighted by Gasteiger charge is -2.24. The standard InChI is InChI=1S/C22H21ClN2O4/c1-4-24(16-8-6-5-7-9-16)19-18(23)20(26)25(21(19)27)17-12-10-15(11-13-17)22(28)29-14(2)3/h5-14H,4H2,1-3H3. The number of nitrogens with zero attached hydrogens (tertiary/aromatic N) is 2. The third-order valence-corrected chi connectivity index (χ3v) is 4.70. The van der Waals surface area contributed by atoms with E-state index in [1.54, 1.807) is 18.7 Å². The van der Waals surface area contributed by atoms with Gasteiger partial charge < -0.3 is 9.64 Å². The molecule has 0 saturated carbocycles. The SMILES string of the molecule is CCN(C1=C(Cl)C(=O)N(c2ccc(C(=O)OC(C)C)cc2)C1=O)c1ccccc1.